The minimum absolute atomic E-state index is 0.130. The van der Waals surface area contributed by atoms with Gasteiger partial charge in [0.2, 0.25) is 5.91 Å². The molecule has 0 aliphatic carbocycles. The molecule has 2 rings (SSSR count). The lowest BCUT2D eigenvalue weighted by Crippen LogP contribution is -2.60. The zero-order valence-electron chi connectivity index (χ0n) is 15.3. The lowest BCUT2D eigenvalue weighted by atomic mass is 9.78. The molecule has 1 amide bonds. The number of aliphatic carboxylic acids is 1. The van der Waals surface area contributed by atoms with Crippen LogP contribution in [0.4, 0.5) is 0 Å². The van der Waals surface area contributed by atoms with Crippen LogP contribution in [0.3, 0.4) is 0 Å². The van der Waals surface area contributed by atoms with Crippen molar-refractivity contribution in [1.29, 1.82) is 0 Å². The number of carboxylic acids is 1. The zero-order valence-corrected chi connectivity index (χ0v) is 15.3. The van der Waals surface area contributed by atoms with Crippen LogP contribution in [0.5, 0.6) is 0 Å². The third-order valence-corrected chi connectivity index (χ3v) is 6.35. The summed E-state index contributed by atoms with van der Waals surface area (Å²) in [6.07, 6.45) is 3.57. The lowest BCUT2D eigenvalue weighted by molar-refractivity contribution is -0.163. The van der Waals surface area contributed by atoms with Gasteiger partial charge in [0.25, 0.3) is 0 Å². The molecule has 0 aromatic heterocycles. The average Bonchev–Trinajstić information content (AvgIpc) is 2.63. The number of piperidine rings is 1. The Morgan fingerprint density at radius 1 is 1.04 bits per heavy atom. The standard InChI is InChI=1S/C18H32N2O4/c1-4-17(20-11-13-24-14-12-20)7-9-19(10-8-17)15(21)18(5-2,6-3)16(22)23/h4-14H2,1-3H3,(H,22,23). The third kappa shape index (κ3) is 3.31. The number of morpholine rings is 1. The second-order valence-electron chi connectivity index (χ2n) is 7.06. The first-order chi connectivity index (χ1) is 11.5. The van der Waals surface area contributed by atoms with Crippen LogP contribution in [0.1, 0.15) is 52.9 Å². The van der Waals surface area contributed by atoms with E-state index in [1.807, 2.05) is 0 Å². The summed E-state index contributed by atoms with van der Waals surface area (Å²) < 4.78 is 5.47. The van der Waals surface area contributed by atoms with Crippen molar-refractivity contribution >= 4 is 11.9 Å². The summed E-state index contributed by atoms with van der Waals surface area (Å²) >= 11 is 0. The maximum Gasteiger partial charge on any atom is 0.319 e. The summed E-state index contributed by atoms with van der Waals surface area (Å²) in [7, 11) is 0. The fourth-order valence-electron chi connectivity index (χ4n) is 4.31. The van der Waals surface area contributed by atoms with Gasteiger partial charge >= 0.3 is 5.97 Å². The molecule has 24 heavy (non-hydrogen) atoms. The maximum absolute atomic E-state index is 12.9. The van der Waals surface area contributed by atoms with Crippen LogP contribution in [-0.2, 0) is 14.3 Å². The molecule has 0 atom stereocenters. The number of hydrogen-bond donors (Lipinski definition) is 1. The number of rotatable bonds is 6. The second-order valence-corrected chi connectivity index (χ2v) is 7.06. The normalized spacial score (nSPS) is 22.4. The molecule has 2 fully saturated rings. The summed E-state index contributed by atoms with van der Waals surface area (Å²) in [5.41, 5.74) is -1.13. The predicted molar refractivity (Wildman–Crippen MR) is 91.9 cm³/mol. The van der Waals surface area contributed by atoms with Crippen molar-refractivity contribution in [2.24, 2.45) is 5.41 Å². The van der Waals surface area contributed by atoms with Gasteiger partial charge < -0.3 is 14.7 Å². The van der Waals surface area contributed by atoms with E-state index in [0.717, 1.165) is 45.6 Å². The molecule has 138 valence electrons. The highest BCUT2D eigenvalue weighted by molar-refractivity contribution is 6.01. The van der Waals surface area contributed by atoms with E-state index in [9.17, 15) is 14.7 Å². The minimum Gasteiger partial charge on any atom is -0.480 e. The fraction of sp³-hybridized carbons (Fsp3) is 0.889. The van der Waals surface area contributed by atoms with E-state index in [4.69, 9.17) is 4.74 Å². The average molecular weight is 340 g/mol. The van der Waals surface area contributed by atoms with Crippen molar-refractivity contribution in [3.05, 3.63) is 0 Å². The van der Waals surface area contributed by atoms with E-state index < -0.39 is 11.4 Å². The molecule has 0 saturated carbocycles. The highest BCUT2D eigenvalue weighted by Gasteiger charge is 2.48. The van der Waals surface area contributed by atoms with Gasteiger partial charge in [0.05, 0.1) is 13.2 Å². The Hall–Kier alpha value is -1.14. The maximum atomic E-state index is 12.9. The highest BCUT2D eigenvalue weighted by atomic mass is 16.5. The van der Waals surface area contributed by atoms with Crippen LogP contribution in [0, 0.1) is 5.41 Å². The molecule has 2 saturated heterocycles. The van der Waals surface area contributed by atoms with E-state index in [-0.39, 0.29) is 11.4 Å². The number of nitrogens with zero attached hydrogens (tertiary/aromatic N) is 2. The van der Waals surface area contributed by atoms with Crippen molar-refractivity contribution in [2.75, 3.05) is 39.4 Å². The Kier molecular flexibility index (Phi) is 6.26. The smallest absolute Gasteiger partial charge is 0.319 e. The highest BCUT2D eigenvalue weighted by Crippen LogP contribution is 2.36. The summed E-state index contributed by atoms with van der Waals surface area (Å²) in [5, 5.41) is 9.61. The fourth-order valence-corrected chi connectivity index (χ4v) is 4.31. The van der Waals surface area contributed by atoms with E-state index in [1.54, 1.807) is 18.7 Å². The first-order valence-electron chi connectivity index (χ1n) is 9.31. The number of carbonyl (C=O) groups is 2. The van der Waals surface area contributed by atoms with E-state index >= 15 is 0 Å². The molecular weight excluding hydrogens is 308 g/mol. The quantitative estimate of drug-likeness (QED) is 0.749. The molecule has 0 bridgehead atoms. The molecule has 0 spiro atoms. The molecule has 6 nitrogen and oxygen atoms in total. The summed E-state index contributed by atoms with van der Waals surface area (Å²) in [6, 6.07) is 0. The van der Waals surface area contributed by atoms with Crippen molar-refractivity contribution in [2.45, 2.75) is 58.4 Å². The van der Waals surface area contributed by atoms with Gasteiger partial charge in [0.15, 0.2) is 0 Å². The Labute approximate surface area is 145 Å². The van der Waals surface area contributed by atoms with E-state index in [2.05, 4.69) is 11.8 Å². The summed E-state index contributed by atoms with van der Waals surface area (Å²) in [4.78, 5) is 28.9. The van der Waals surface area contributed by atoms with Gasteiger partial charge in [-0.2, -0.15) is 0 Å². The summed E-state index contributed by atoms with van der Waals surface area (Å²) in [5.74, 6) is -1.19. The second kappa shape index (κ2) is 7.83. The molecule has 2 aliphatic rings. The molecule has 0 aromatic carbocycles. The van der Waals surface area contributed by atoms with Crippen LogP contribution in [-0.4, -0.2) is 71.7 Å². The van der Waals surface area contributed by atoms with Gasteiger partial charge in [-0.15, -0.1) is 0 Å². The molecule has 1 N–H and O–H groups in total. The third-order valence-electron chi connectivity index (χ3n) is 6.35. The van der Waals surface area contributed by atoms with Gasteiger partial charge in [0.1, 0.15) is 5.41 Å². The van der Waals surface area contributed by atoms with Crippen LogP contribution >= 0.6 is 0 Å². The Morgan fingerprint density at radius 3 is 2.00 bits per heavy atom. The van der Waals surface area contributed by atoms with Crippen LogP contribution in [0.25, 0.3) is 0 Å². The SMILES string of the molecule is CCC(CC)(C(=O)O)C(=O)N1CCC(CC)(N2CCOCC2)CC1. The zero-order chi connectivity index (χ0) is 17.8. The largest absolute Gasteiger partial charge is 0.480 e. The van der Waals surface area contributed by atoms with Gasteiger partial charge in [-0.1, -0.05) is 20.8 Å². The van der Waals surface area contributed by atoms with Gasteiger partial charge in [-0.25, -0.2) is 0 Å². The van der Waals surface area contributed by atoms with Crippen molar-refractivity contribution in [3.8, 4) is 0 Å². The molecule has 2 heterocycles. The van der Waals surface area contributed by atoms with Crippen molar-refractivity contribution in [3.63, 3.8) is 0 Å². The molecule has 0 aromatic rings. The number of ether oxygens (including phenoxy) is 1. The van der Waals surface area contributed by atoms with Crippen LogP contribution < -0.4 is 0 Å². The molecule has 2 aliphatic heterocycles. The number of likely N-dealkylation sites (tertiary alicyclic amines) is 1. The predicted octanol–water partition coefficient (Wildman–Crippen LogP) is 1.98. The topological polar surface area (TPSA) is 70.1 Å². The lowest BCUT2D eigenvalue weighted by Gasteiger charge is -2.50. The van der Waals surface area contributed by atoms with Crippen LogP contribution in [0.15, 0.2) is 0 Å². The number of amides is 1. The summed E-state index contributed by atoms with van der Waals surface area (Å²) in [6.45, 7) is 10.6. The Bertz CT molecular complexity index is 448. The number of hydrogen-bond acceptors (Lipinski definition) is 4. The monoisotopic (exact) mass is 340 g/mol. The van der Waals surface area contributed by atoms with Crippen molar-refractivity contribution < 1.29 is 19.4 Å². The van der Waals surface area contributed by atoms with Gasteiger partial charge in [-0.3, -0.25) is 14.5 Å². The van der Waals surface area contributed by atoms with E-state index in [0.29, 0.717) is 25.9 Å². The molecule has 0 radical (unpaired) electrons. The Morgan fingerprint density at radius 2 is 1.58 bits per heavy atom. The first kappa shape index (κ1) is 19.2. The molecule has 0 unspecified atom stereocenters. The Balaban J connectivity index is 2.07. The number of carboxylic acid groups (broad SMARTS) is 1. The van der Waals surface area contributed by atoms with Crippen LogP contribution in [0.2, 0.25) is 0 Å². The minimum atomic E-state index is -1.26. The molecule has 6 heteroatoms. The van der Waals surface area contributed by atoms with E-state index in [1.165, 1.54) is 0 Å². The van der Waals surface area contributed by atoms with Gasteiger partial charge in [0, 0.05) is 31.7 Å². The molecular formula is C18H32N2O4. The first-order valence-corrected chi connectivity index (χ1v) is 9.31. The number of carbonyl (C=O) groups excluding carboxylic acids is 1. The van der Waals surface area contributed by atoms with Crippen molar-refractivity contribution in [1.82, 2.24) is 9.80 Å². The van der Waals surface area contributed by atoms with Gasteiger partial charge in [-0.05, 0) is 32.1 Å².